The van der Waals surface area contributed by atoms with Gasteiger partial charge >= 0.3 is 0 Å². The number of rotatable bonds is 4. The second-order valence-corrected chi connectivity index (χ2v) is 5.47. The van der Waals surface area contributed by atoms with Gasteiger partial charge in [-0.1, -0.05) is 0 Å². The van der Waals surface area contributed by atoms with E-state index in [4.69, 9.17) is 0 Å². The van der Waals surface area contributed by atoms with E-state index in [0.29, 0.717) is 6.54 Å². The molecule has 0 unspecified atom stereocenters. The van der Waals surface area contributed by atoms with E-state index in [0.717, 1.165) is 22.4 Å². The van der Waals surface area contributed by atoms with Crippen LogP contribution in [0.25, 0.3) is 0 Å². The summed E-state index contributed by atoms with van der Waals surface area (Å²) in [6.45, 7) is 9.12. The van der Waals surface area contributed by atoms with Crippen molar-refractivity contribution >= 4 is 21.7 Å². The van der Waals surface area contributed by atoms with Crippen molar-refractivity contribution in [2.75, 3.05) is 18.0 Å². The van der Waals surface area contributed by atoms with Crippen LogP contribution in [-0.2, 0) is 0 Å². The number of aryl methyl sites for hydroxylation is 1. The van der Waals surface area contributed by atoms with Gasteiger partial charge in [0.1, 0.15) is 5.82 Å². The van der Waals surface area contributed by atoms with E-state index in [1.807, 2.05) is 13.0 Å². The molecule has 0 aliphatic heterocycles. The van der Waals surface area contributed by atoms with E-state index < -0.39 is 5.60 Å². The summed E-state index contributed by atoms with van der Waals surface area (Å²) in [6.07, 6.45) is 1.80. The molecule has 0 aliphatic rings. The third-order valence-corrected chi connectivity index (χ3v) is 3.15. The van der Waals surface area contributed by atoms with Crippen LogP contribution in [0.1, 0.15) is 26.3 Å². The summed E-state index contributed by atoms with van der Waals surface area (Å²) in [4.78, 5) is 6.43. The summed E-state index contributed by atoms with van der Waals surface area (Å²) in [5, 5.41) is 9.83. The zero-order valence-corrected chi connectivity index (χ0v) is 11.9. The van der Waals surface area contributed by atoms with Gasteiger partial charge in [0.15, 0.2) is 0 Å². The molecule has 0 aliphatic carbocycles. The number of hydrogen-bond acceptors (Lipinski definition) is 3. The highest BCUT2D eigenvalue weighted by Crippen LogP contribution is 2.21. The Labute approximate surface area is 106 Å². The van der Waals surface area contributed by atoms with Gasteiger partial charge in [0.05, 0.1) is 5.60 Å². The van der Waals surface area contributed by atoms with Crippen LogP contribution in [0.15, 0.2) is 16.7 Å². The van der Waals surface area contributed by atoms with Gasteiger partial charge in [-0.05, 0) is 55.3 Å². The fraction of sp³-hybridized carbons (Fsp3) is 0.583. The molecule has 1 aromatic heterocycles. The third-order valence-electron chi connectivity index (χ3n) is 2.32. The number of aromatic nitrogens is 1. The molecule has 0 atom stereocenters. The van der Waals surface area contributed by atoms with Crippen molar-refractivity contribution in [1.29, 1.82) is 0 Å². The summed E-state index contributed by atoms with van der Waals surface area (Å²) in [5.41, 5.74) is 0.442. The lowest BCUT2D eigenvalue weighted by Gasteiger charge is -2.29. The quantitative estimate of drug-likeness (QED) is 0.925. The summed E-state index contributed by atoms with van der Waals surface area (Å²) in [6, 6.07) is 2.03. The smallest absolute Gasteiger partial charge is 0.128 e. The fourth-order valence-electron chi connectivity index (χ4n) is 1.52. The molecule has 4 heteroatoms. The lowest BCUT2D eigenvalue weighted by Crippen LogP contribution is -2.39. The second-order valence-electron chi connectivity index (χ2n) is 4.62. The van der Waals surface area contributed by atoms with Gasteiger partial charge in [-0.2, -0.15) is 0 Å². The minimum Gasteiger partial charge on any atom is -0.389 e. The molecular weight excluding hydrogens is 268 g/mol. The van der Waals surface area contributed by atoms with Gasteiger partial charge in [0, 0.05) is 23.8 Å². The monoisotopic (exact) mass is 286 g/mol. The molecule has 0 saturated carbocycles. The molecule has 0 aromatic carbocycles. The maximum absolute atomic E-state index is 9.83. The van der Waals surface area contributed by atoms with Crippen molar-refractivity contribution in [3.63, 3.8) is 0 Å². The number of anilines is 1. The van der Waals surface area contributed by atoms with Crippen LogP contribution in [0, 0.1) is 6.92 Å². The van der Waals surface area contributed by atoms with Crippen molar-refractivity contribution in [2.24, 2.45) is 0 Å². The number of hydrogen-bond donors (Lipinski definition) is 1. The average molecular weight is 287 g/mol. The molecule has 1 N–H and O–H groups in total. The summed E-state index contributed by atoms with van der Waals surface area (Å²) in [5.74, 6) is 0.908. The summed E-state index contributed by atoms with van der Waals surface area (Å²) in [7, 11) is 0. The van der Waals surface area contributed by atoms with Crippen molar-refractivity contribution in [3.8, 4) is 0 Å². The van der Waals surface area contributed by atoms with Gasteiger partial charge in [-0.3, -0.25) is 0 Å². The lowest BCUT2D eigenvalue weighted by molar-refractivity contribution is 0.0874. The van der Waals surface area contributed by atoms with Gasteiger partial charge in [0.2, 0.25) is 0 Å². The Kier molecular flexibility index (Phi) is 4.33. The molecule has 1 aromatic rings. The minimum atomic E-state index is -0.710. The standard InChI is InChI=1S/C12H19BrN2O/c1-5-15(8-12(3,4)16)11-6-9(2)10(13)7-14-11/h6-7,16H,5,8H2,1-4H3. The zero-order chi connectivity index (χ0) is 12.3. The lowest BCUT2D eigenvalue weighted by atomic mass is 10.1. The largest absolute Gasteiger partial charge is 0.389 e. The van der Waals surface area contributed by atoms with Crippen molar-refractivity contribution in [1.82, 2.24) is 4.98 Å². The number of likely N-dealkylation sites (N-methyl/N-ethyl adjacent to an activating group) is 1. The van der Waals surface area contributed by atoms with Crippen molar-refractivity contribution < 1.29 is 5.11 Å². The maximum Gasteiger partial charge on any atom is 0.128 e. The predicted molar refractivity (Wildman–Crippen MR) is 70.9 cm³/mol. The molecule has 1 rings (SSSR count). The topological polar surface area (TPSA) is 36.4 Å². The van der Waals surface area contributed by atoms with E-state index in [-0.39, 0.29) is 0 Å². The third kappa shape index (κ3) is 3.76. The molecule has 3 nitrogen and oxygen atoms in total. The SMILES string of the molecule is CCN(CC(C)(C)O)c1cc(C)c(Br)cn1. The van der Waals surface area contributed by atoms with Crippen LogP contribution in [0.2, 0.25) is 0 Å². The fourth-order valence-corrected chi connectivity index (χ4v) is 1.74. The van der Waals surface area contributed by atoms with Gasteiger partial charge in [0.25, 0.3) is 0 Å². The first-order valence-corrected chi connectivity index (χ1v) is 6.22. The van der Waals surface area contributed by atoms with Crippen LogP contribution in [0.4, 0.5) is 5.82 Å². The highest BCUT2D eigenvalue weighted by Gasteiger charge is 2.18. The molecule has 1 heterocycles. The van der Waals surface area contributed by atoms with Crippen molar-refractivity contribution in [3.05, 3.63) is 22.3 Å². The second kappa shape index (κ2) is 5.15. The Morgan fingerprint density at radius 1 is 1.50 bits per heavy atom. The molecule has 0 bridgehead atoms. The number of aliphatic hydroxyl groups is 1. The Bertz CT molecular complexity index is 361. The number of pyridine rings is 1. The van der Waals surface area contributed by atoms with E-state index >= 15 is 0 Å². The Morgan fingerprint density at radius 2 is 2.12 bits per heavy atom. The van der Waals surface area contributed by atoms with E-state index in [1.165, 1.54) is 0 Å². The van der Waals surface area contributed by atoms with Gasteiger partial charge in [-0.25, -0.2) is 4.98 Å². The zero-order valence-electron chi connectivity index (χ0n) is 10.3. The van der Waals surface area contributed by atoms with Gasteiger partial charge < -0.3 is 10.0 Å². The Morgan fingerprint density at radius 3 is 2.56 bits per heavy atom. The first-order valence-electron chi connectivity index (χ1n) is 5.43. The van der Waals surface area contributed by atoms with Gasteiger partial charge in [-0.15, -0.1) is 0 Å². The molecule has 0 fully saturated rings. The van der Waals surface area contributed by atoms with Crippen LogP contribution in [0.5, 0.6) is 0 Å². The molecule has 0 saturated heterocycles. The molecule has 0 amide bonds. The summed E-state index contributed by atoms with van der Waals surface area (Å²) < 4.78 is 1.01. The normalized spacial score (nSPS) is 11.6. The molecule has 90 valence electrons. The molecule has 16 heavy (non-hydrogen) atoms. The van der Waals surface area contributed by atoms with E-state index in [2.05, 4.69) is 32.7 Å². The maximum atomic E-state index is 9.83. The van der Waals surface area contributed by atoms with Crippen LogP contribution in [0.3, 0.4) is 0 Å². The van der Waals surface area contributed by atoms with E-state index in [9.17, 15) is 5.11 Å². The molecule has 0 radical (unpaired) electrons. The summed E-state index contributed by atoms with van der Waals surface area (Å²) >= 11 is 3.43. The molecule has 0 spiro atoms. The van der Waals surface area contributed by atoms with Crippen LogP contribution in [-0.4, -0.2) is 28.8 Å². The Hall–Kier alpha value is -0.610. The average Bonchev–Trinajstić information content (AvgIpc) is 2.17. The van der Waals surface area contributed by atoms with E-state index in [1.54, 1.807) is 20.0 Å². The minimum absolute atomic E-state index is 0.581. The number of nitrogens with zero attached hydrogens (tertiary/aromatic N) is 2. The first kappa shape index (κ1) is 13.5. The number of halogens is 1. The highest BCUT2D eigenvalue weighted by molar-refractivity contribution is 9.10. The van der Waals surface area contributed by atoms with Crippen LogP contribution < -0.4 is 4.90 Å². The Balaban J connectivity index is 2.91. The van der Waals surface area contributed by atoms with Crippen LogP contribution >= 0.6 is 15.9 Å². The first-order chi connectivity index (χ1) is 7.33. The highest BCUT2D eigenvalue weighted by atomic mass is 79.9. The molecular formula is C12H19BrN2O. The predicted octanol–water partition coefficient (Wildman–Crippen LogP) is 2.75. The van der Waals surface area contributed by atoms with Crippen molar-refractivity contribution in [2.45, 2.75) is 33.3 Å².